The Kier molecular flexibility index (Phi) is 7.70. The first-order valence-electron chi connectivity index (χ1n) is 8.71. The van der Waals surface area contributed by atoms with Crippen LogP contribution in [0.5, 0.6) is 0 Å². The number of benzene rings is 1. The molecule has 30 heavy (non-hydrogen) atoms. The third-order valence-electron chi connectivity index (χ3n) is 3.90. The number of nitrogens with zero attached hydrogens (tertiary/aromatic N) is 6. The molecule has 4 N–H and O–H groups in total. The van der Waals surface area contributed by atoms with E-state index in [0.717, 1.165) is 6.07 Å². The molecule has 0 aliphatic rings. The van der Waals surface area contributed by atoms with Crippen LogP contribution < -0.4 is 10.6 Å². The second-order valence-electron chi connectivity index (χ2n) is 5.84. The van der Waals surface area contributed by atoms with Crippen molar-refractivity contribution in [2.45, 2.75) is 6.92 Å². The summed E-state index contributed by atoms with van der Waals surface area (Å²) in [7, 11) is 0. The van der Waals surface area contributed by atoms with E-state index in [1.165, 1.54) is 12.1 Å². The number of rotatable bonds is 9. The van der Waals surface area contributed by atoms with Gasteiger partial charge in [-0.2, -0.15) is 10.5 Å². The lowest BCUT2D eigenvalue weighted by atomic mass is 10.1. The van der Waals surface area contributed by atoms with Gasteiger partial charge in [-0.1, -0.05) is 0 Å². The van der Waals surface area contributed by atoms with Crippen LogP contribution in [0.15, 0.2) is 28.4 Å². The molecular formula is C18H18N8O4. The summed E-state index contributed by atoms with van der Waals surface area (Å²) in [5, 5.41) is 61.6. The zero-order valence-electron chi connectivity index (χ0n) is 16.0. The lowest BCUT2D eigenvalue weighted by molar-refractivity contribution is -0.384. The van der Waals surface area contributed by atoms with E-state index < -0.39 is 4.92 Å². The minimum atomic E-state index is -0.621. The van der Waals surface area contributed by atoms with Gasteiger partial charge in [-0.25, -0.2) is 4.98 Å². The minimum Gasteiger partial charge on any atom is -0.395 e. The maximum Gasteiger partial charge on any atom is 0.270 e. The van der Waals surface area contributed by atoms with Gasteiger partial charge in [0.05, 0.1) is 29.3 Å². The number of aliphatic hydroxyl groups is 2. The van der Waals surface area contributed by atoms with Gasteiger partial charge in [0.15, 0.2) is 5.82 Å². The molecule has 0 aliphatic carbocycles. The van der Waals surface area contributed by atoms with E-state index in [2.05, 4.69) is 25.8 Å². The van der Waals surface area contributed by atoms with Crippen molar-refractivity contribution in [2.75, 3.05) is 36.9 Å². The number of aromatic nitrogens is 1. The van der Waals surface area contributed by atoms with Crippen LogP contribution in [-0.2, 0) is 0 Å². The number of anilines is 2. The fourth-order valence-electron chi connectivity index (χ4n) is 2.47. The van der Waals surface area contributed by atoms with E-state index >= 15 is 0 Å². The number of aliphatic hydroxyl groups excluding tert-OH is 2. The second-order valence-corrected chi connectivity index (χ2v) is 5.84. The quantitative estimate of drug-likeness (QED) is 0.272. The molecule has 12 heteroatoms. The monoisotopic (exact) mass is 410 g/mol. The SMILES string of the molecule is Cc1c(C#N)c(NCCO)nc(NCCO)c1N=Nc1ccc([N+](=O)[O-])cc1C#N. The number of pyridine rings is 1. The number of nitro benzene ring substituents is 1. The van der Waals surface area contributed by atoms with Crippen LogP contribution in [0.2, 0.25) is 0 Å². The van der Waals surface area contributed by atoms with Crippen LogP contribution in [0.1, 0.15) is 16.7 Å². The van der Waals surface area contributed by atoms with E-state index in [1.807, 2.05) is 12.1 Å². The minimum absolute atomic E-state index is 0.0369. The molecule has 12 nitrogen and oxygen atoms in total. The highest BCUT2D eigenvalue weighted by molar-refractivity contribution is 5.74. The molecule has 0 saturated carbocycles. The van der Waals surface area contributed by atoms with Gasteiger partial charge in [-0.3, -0.25) is 10.1 Å². The summed E-state index contributed by atoms with van der Waals surface area (Å²) in [6.45, 7) is 1.61. The predicted molar refractivity (Wildman–Crippen MR) is 107 cm³/mol. The molecule has 0 saturated heterocycles. The van der Waals surface area contributed by atoms with Crippen LogP contribution in [0.25, 0.3) is 0 Å². The molecule has 1 heterocycles. The molecule has 0 aliphatic heterocycles. The van der Waals surface area contributed by atoms with Crippen LogP contribution in [0, 0.1) is 39.7 Å². The topological polar surface area (TPSA) is 193 Å². The third-order valence-corrected chi connectivity index (χ3v) is 3.90. The van der Waals surface area contributed by atoms with Crippen molar-refractivity contribution in [1.82, 2.24) is 4.98 Å². The van der Waals surface area contributed by atoms with Crippen molar-refractivity contribution in [1.29, 1.82) is 10.5 Å². The molecule has 0 unspecified atom stereocenters. The van der Waals surface area contributed by atoms with Gasteiger partial charge >= 0.3 is 0 Å². The third kappa shape index (κ3) is 5.02. The Labute approximate surface area is 171 Å². The maximum atomic E-state index is 10.9. The van der Waals surface area contributed by atoms with Gasteiger partial charge in [0, 0.05) is 30.8 Å². The molecule has 0 atom stereocenters. The Morgan fingerprint density at radius 3 is 2.37 bits per heavy atom. The van der Waals surface area contributed by atoms with Crippen LogP contribution in [0.4, 0.5) is 28.7 Å². The number of hydrogen-bond donors (Lipinski definition) is 4. The zero-order valence-corrected chi connectivity index (χ0v) is 16.0. The highest BCUT2D eigenvalue weighted by Gasteiger charge is 2.17. The van der Waals surface area contributed by atoms with Gasteiger partial charge in [0.2, 0.25) is 0 Å². The lowest BCUT2D eigenvalue weighted by Crippen LogP contribution is -2.13. The van der Waals surface area contributed by atoms with E-state index in [0.29, 0.717) is 5.56 Å². The van der Waals surface area contributed by atoms with Crippen molar-refractivity contribution < 1.29 is 15.1 Å². The largest absolute Gasteiger partial charge is 0.395 e. The summed E-state index contributed by atoms with van der Waals surface area (Å²) in [6, 6.07) is 7.45. The highest BCUT2D eigenvalue weighted by atomic mass is 16.6. The maximum absolute atomic E-state index is 10.9. The van der Waals surface area contributed by atoms with Crippen molar-refractivity contribution in [3.05, 3.63) is 45.0 Å². The molecular weight excluding hydrogens is 392 g/mol. The van der Waals surface area contributed by atoms with Gasteiger partial charge in [0.25, 0.3) is 5.69 Å². The van der Waals surface area contributed by atoms with Gasteiger partial charge < -0.3 is 20.8 Å². The molecule has 1 aromatic carbocycles. The lowest BCUT2D eigenvalue weighted by Gasteiger charge is -2.14. The van der Waals surface area contributed by atoms with Crippen LogP contribution in [0.3, 0.4) is 0 Å². The average molecular weight is 410 g/mol. The second kappa shape index (κ2) is 10.4. The number of azo groups is 1. The molecule has 0 radical (unpaired) electrons. The summed E-state index contributed by atoms with van der Waals surface area (Å²) < 4.78 is 0. The van der Waals surface area contributed by atoms with E-state index in [9.17, 15) is 20.6 Å². The molecule has 0 bridgehead atoms. The molecule has 0 spiro atoms. The predicted octanol–water partition coefficient (Wildman–Crippen LogP) is 2.27. The molecule has 0 amide bonds. The molecule has 0 fully saturated rings. The zero-order chi connectivity index (χ0) is 22.1. The normalized spacial score (nSPS) is 10.4. The van der Waals surface area contributed by atoms with Crippen molar-refractivity contribution in [2.24, 2.45) is 10.2 Å². The summed E-state index contributed by atoms with van der Waals surface area (Å²) in [4.78, 5) is 14.6. The number of hydrogen-bond acceptors (Lipinski definition) is 11. The number of nitrogens with one attached hydrogen (secondary N) is 2. The van der Waals surface area contributed by atoms with Crippen molar-refractivity contribution in [3.8, 4) is 12.1 Å². The number of nitriles is 2. The Morgan fingerprint density at radius 1 is 1.13 bits per heavy atom. The standard InChI is InChI=1S/C18H18N8O4/c1-11-14(10-20)17(21-4-6-27)23-18(22-5-7-28)16(11)25-24-15-3-2-13(26(29)30)8-12(15)9-19/h2-3,8,27-28H,4-7H2,1H3,(H2,21,22,23). The van der Waals surface area contributed by atoms with E-state index in [4.69, 9.17) is 10.2 Å². The van der Waals surface area contributed by atoms with Gasteiger partial charge in [-0.15, -0.1) is 10.2 Å². The Hall–Kier alpha value is -4.13. The fraction of sp³-hybridized carbons (Fsp3) is 0.278. The fourth-order valence-corrected chi connectivity index (χ4v) is 2.47. The van der Waals surface area contributed by atoms with Crippen molar-refractivity contribution >= 4 is 28.7 Å². The summed E-state index contributed by atoms with van der Waals surface area (Å²) in [5.41, 5.74) is 0.645. The first kappa shape index (κ1) is 22.2. The molecule has 1 aromatic heterocycles. The van der Waals surface area contributed by atoms with Crippen LogP contribution >= 0.6 is 0 Å². The summed E-state index contributed by atoms with van der Waals surface area (Å²) in [5.74, 6) is 0.460. The van der Waals surface area contributed by atoms with Crippen LogP contribution in [-0.4, -0.2) is 46.4 Å². The van der Waals surface area contributed by atoms with E-state index in [-0.39, 0.29) is 66.1 Å². The number of non-ortho nitro benzene ring substituents is 1. The first-order chi connectivity index (χ1) is 14.5. The average Bonchev–Trinajstić information content (AvgIpc) is 2.75. The Balaban J connectivity index is 2.56. The van der Waals surface area contributed by atoms with E-state index in [1.54, 1.807) is 6.92 Å². The summed E-state index contributed by atoms with van der Waals surface area (Å²) in [6.07, 6.45) is 0. The highest BCUT2D eigenvalue weighted by Crippen LogP contribution is 2.35. The van der Waals surface area contributed by atoms with Gasteiger partial charge in [-0.05, 0) is 13.0 Å². The molecule has 2 rings (SSSR count). The smallest absolute Gasteiger partial charge is 0.270 e. The van der Waals surface area contributed by atoms with Crippen molar-refractivity contribution in [3.63, 3.8) is 0 Å². The Morgan fingerprint density at radius 2 is 1.80 bits per heavy atom. The van der Waals surface area contributed by atoms with Gasteiger partial charge in [0.1, 0.15) is 29.3 Å². The summed E-state index contributed by atoms with van der Waals surface area (Å²) >= 11 is 0. The number of nitro groups is 1. The molecule has 154 valence electrons. The first-order valence-corrected chi connectivity index (χ1v) is 8.71. The Bertz CT molecular complexity index is 1060. The molecule has 2 aromatic rings.